The van der Waals surface area contributed by atoms with Gasteiger partial charge in [0.25, 0.3) is 0 Å². The normalized spacial score (nSPS) is 13.3. The van der Waals surface area contributed by atoms with Gasteiger partial charge >= 0.3 is 0 Å². The smallest absolute Gasteiger partial charge is 0.246 e. The summed E-state index contributed by atoms with van der Waals surface area (Å²) in [6.45, 7) is 2.85. The lowest BCUT2D eigenvalue weighted by Crippen LogP contribution is -2.31. The fourth-order valence-electron chi connectivity index (χ4n) is 2.93. The molecule has 0 saturated carbocycles. The van der Waals surface area contributed by atoms with Gasteiger partial charge in [0, 0.05) is 17.4 Å². The van der Waals surface area contributed by atoms with Crippen molar-refractivity contribution in [3.05, 3.63) is 72.8 Å². The monoisotopic (exact) mass is 390 g/mol. The number of amides is 1. The molecule has 0 aromatic heterocycles. The van der Waals surface area contributed by atoms with Crippen LogP contribution in [0.15, 0.2) is 72.8 Å². The number of hydrogen-bond donors (Lipinski definition) is 2. The molecule has 6 heteroatoms. The van der Waals surface area contributed by atoms with E-state index >= 15 is 0 Å². The van der Waals surface area contributed by atoms with E-state index in [2.05, 4.69) is 10.6 Å². The van der Waals surface area contributed by atoms with Gasteiger partial charge in [-0.25, -0.2) is 0 Å². The summed E-state index contributed by atoms with van der Waals surface area (Å²) in [6.07, 6.45) is 0. The van der Waals surface area contributed by atoms with Crippen molar-refractivity contribution in [3.8, 4) is 23.0 Å². The molecule has 148 valence electrons. The molecule has 0 saturated heterocycles. The number of ether oxygens (including phenoxy) is 3. The third kappa shape index (κ3) is 4.79. The van der Waals surface area contributed by atoms with E-state index in [4.69, 9.17) is 14.2 Å². The van der Waals surface area contributed by atoms with E-state index in [0.29, 0.717) is 30.4 Å². The lowest BCUT2D eigenvalue weighted by atomic mass is 10.2. The molecule has 2 N–H and O–H groups in total. The maximum Gasteiger partial charge on any atom is 0.246 e. The van der Waals surface area contributed by atoms with Gasteiger partial charge in [0.05, 0.1) is 0 Å². The van der Waals surface area contributed by atoms with Crippen LogP contribution in [0.1, 0.15) is 6.92 Å². The third-order valence-corrected chi connectivity index (χ3v) is 4.42. The number of hydrogen-bond acceptors (Lipinski definition) is 5. The molecule has 6 nitrogen and oxygen atoms in total. The van der Waals surface area contributed by atoms with Gasteiger partial charge in [-0.2, -0.15) is 0 Å². The Morgan fingerprint density at radius 1 is 0.862 bits per heavy atom. The van der Waals surface area contributed by atoms with Crippen molar-refractivity contribution < 1.29 is 19.0 Å². The molecule has 1 aliphatic heterocycles. The van der Waals surface area contributed by atoms with Crippen LogP contribution in [-0.2, 0) is 4.79 Å². The maximum absolute atomic E-state index is 12.5. The van der Waals surface area contributed by atoms with E-state index in [0.717, 1.165) is 17.2 Å². The first-order valence-electron chi connectivity index (χ1n) is 9.47. The second-order valence-electron chi connectivity index (χ2n) is 6.65. The van der Waals surface area contributed by atoms with Gasteiger partial charge in [-0.3, -0.25) is 4.79 Å². The third-order valence-electron chi connectivity index (χ3n) is 4.42. The Balaban J connectivity index is 1.33. The maximum atomic E-state index is 12.5. The van der Waals surface area contributed by atoms with E-state index in [1.165, 1.54) is 0 Å². The van der Waals surface area contributed by atoms with Gasteiger partial charge in [0.2, 0.25) is 5.91 Å². The van der Waals surface area contributed by atoms with Crippen LogP contribution in [0.2, 0.25) is 0 Å². The van der Waals surface area contributed by atoms with E-state index in [-0.39, 0.29) is 5.91 Å². The highest BCUT2D eigenvalue weighted by atomic mass is 16.6. The van der Waals surface area contributed by atoms with Crippen LogP contribution >= 0.6 is 0 Å². The van der Waals surface area contributed by atoms with Gasteiger partial charge in [-0.1, -0.05) is 18.2 Å². The molecular formula is C23H22N2O4. The minimum Gasteiger partial charge on any atom is -0.486 e. The zero-order chi connectivity index (χ0) is 20.1. The van der Waals surface area contributed by atoms with Crippen molar-refractivity contribution in [2.45, 2.75) is 13.0 Å². The van der Waals surface area contributed by atoms with Crippen molar-refractivity contribution in [2.24, 2.45) is 0 Å². The molecule has 3 aromatic rings. The first-order chi connectivity index (χ1) is 14.2. The molecule has 1 atom stereocenters. The van der Waals surface area contributed by atoms with Gasteiger partial charge in [-0.05, 0) is 55.5 Å². The molecule has 0 unspecified atom stereocenters. The Kier molecular flexibility index (Phi) is 5.52. The zero-order valence-electron chi connectivity index (χ0n) is 16.1. The highest BCUT2D eigenvalue weighted by Gasteiger charge is 2.16. The van der Waals surface area contributed by atoms with Crippen LogP contribution in [0.3, 0.4) is 0 Å². The molecular weight excluding hydrogens is 368 g/mol. The number of nitrogens with one attached hydrogen (secondary N) is 2. The minimum atomic E-state index is -0.427. The summed E-state index contributed by atoms with van der Waals surface area (Å²) < 4.78 is 16.8. The molecule has 4 rings (SSSR count). The van der Waals surface area contributed by atoms with Gasteiger partial charge < -0.3 is 24.8 Å². The molecule has 0 fully saturated rings. The predicted octanol–water partition coefficient (Wildman–Crippen LogP) is 4.69. The Bertz CT molecular complexity index is 974. The van der Waals surface area contributed by atoms with Crippen LogP contribution in [0.4, 0.5) is 11.4 Å². The van der Waals surface area contributed by atoms with Crippen LogP contribution in [-0.4, -0.2) is 25.2 Å². The summed E-state index contributed by atoms with van der Waals surface area (Å²) in [6, 6.07) is 22.0. The van der Waals surface area contributed by atoms with E-state index < -0.39 is 6.04 Å². The Morgan fingerprint density at radius 2 is 1.52 bits per heavy atom. The Labute approximate surface area is 169 Å². The van der Waals surface area contributed by atoms with Gasteiger partial charge in [0.15, 0.2) is 11.5 Å². The van der Waals surface area contributed by atoms with Crippen molar-refractivity contribution >= 4 is 17.3 Å². The van der Waals surface area contributed by atoms with Crippen molar-refractivity contribution in [1.82, 2.24) is 0 Å². The fraction of sp³-hybridized carbons (Fsp3) is 0.174. The molecule has 0 spiro atoms. The molecule has 0 bridgehead atoms. The second kappa shape index (κ2) is 8.56. The number of benzene rings is 3. The summed E-state index contributed by atoms with van der Waals surface area (Å²) in [5.74, 6) is 2.70. The molecule has 29 heavy (non-hydrogen) atoms. The molecule has 0 radical (unpaired) electrons. The number of carbonyl (C=O) groups excluding carboxylic acids is 1. The van der Waals surface area contributed by atoms with E-state index in [9.17, 15) is 4.79 Å². The lowest BCUT2D eigenvalue weighted by Gasteiger charge is -2.20. The van der Waals surface area contributed by atoms with Gasteiger partial charge in [-0.15, -0.1) is 0 Å². The van der Waals surface area contributed by atoms with Crippen molar-refractivity contribution in [2.75, 3.05) is 23.8 Å². The average Bonchev–Trinajstić information content (AvgIpc) is 2.76. The lowest BCUT2D eigenvalue weighted by molar-refractivity contribution is -0.116. The fourth-order valence-corrected chi connectivity index (χ4v) is 2.93. The highest BCUT2D eigenvalue weighted by Crippen LogP contribution is 2.32. The van der Waals surface area contributed by atoms with Crippen molar-refractivity contribution in [3.63, 3.8) is 0 Å². The Hall–Kier alpha value is -3.67. The van der Waals surface area contributed by atoms with Crippen LogP contribution in [0.5, 0.6) is 23.0 Å². The topological polar surface area (TPSA) is 68.8 Å². The average molecular weight is 390 g/mol. The predicted molar refractivity (Wildman–Crippen MR) is 112 cm³/mol. The van der Waals surface area contributed by atoms with Crippen molar-refractivity contribution in [1.29, 1.82) is 0 Å². The molecule has 1 amide bonds. The van der Waals surface area contributed by atoms with Gasteiger partial charge in [0.1, 0.15) is 30.8 Å². The SMILES string of the molecule is C[C@@H](Nc1ccc(Oc2ccccc2)cc1)C(=O)Nc1ccc2c(c1)OCCO2. The summed E-state index contributed by atoms with van der Waals surface area (Å²) in [5.41, 5.74) is 1.50. The van der Waals surface area contributed by atoms with Crippen LogP contribution < -0.4 is 24.8 Å². The summed E-state index contributed by atoms with van der Waals surface area (Å²) in [7, 11) is 0. The molecule has 1 aliphatic rings. The summed E-state index contributed by atoms with van der Waals surface area (Å²) in [5, 5.41) is 6.09. The number of rotatable bonds is 6. The summed E-state index contributed by atoms with van der Waals surface area (Å²) >= 11 is 0. The highest BCUT2D eigenvalue weighted by molar-refractivity contribution is 5.96. The quantitative estimate of drug-likeness (QED) is 0.639. The number of fused-ring (bicyclic) bond motifs is 1. The van der Waals surface area contributed by atoms with Crippen LogP contribution in [0, 0.1) is 0 Å². The number of para-hydroxylation sites is 1. The first kappa shape index (κ1) is 18.7. The molecule has 0 aliphatic carbocycles. The second-order valence-corrected chi connectivity index (χ2v) is 6.65. The standard InChI is InChI=1S/C23H22N2O4/c1-16(23(26)25-18-9-12-21-22(15-18)28-14-13-27-21)24-17-7-10-20(11-8-17)29-19-5-3-2-4-6-19/h2-12,15-16,24H,13-14H2,1H3,(H,25,26)/t16-/m1/s1. The minimum absolute atomic E-state index is 0.147. The number of carbonyl (C=O) groups is 1. The molecule has 1 heterocycles. The Morgan fingerprint density at radius 3 is 2.28 bits per heavy atom. The first-order valence-corrected chi connectivity index (χ1v) is 9.47. The zero-order valence-corrected chi connectivity index (χ0v) is 16.1. The van der Waals surface area contributed by atoms with E-state index in [1.54, 1.807) is 18.2 Å². The molecule has 3 aromatic carbocycles. The van der Waals surface area contributed by atoms with Crippen LogP contribution in [0.25, 0.3) is 0 Å². The largest absolute Gasteiger partial charge is 0.486 e. The number of anilines is 2. The summed E-state index contributed by atoms with van der Waals surface area (Å²) in [4.78, 5) is 12.5. The van der Waals surface area contributed by atoms with E-state index in [1.807, 2.05) is 61.5 Å².